The number of pyridine rings is 1. The van der Waals surface area contributed by atoms with Gasteiger partial charge in [0, 0.05) is 49.7 Å². The molecule has 4 heterocycles. The van der Waals surface area contributed by atoms with E-state index < -0.39 is 10.0 Å². The topological polar surface area (TPSA) is 92.7 Å². The molecule has 3 aromatic rings. The lowest BCUT2D eigenvalue weighted by Crippen LogP contribution is -2.51. The Bertz CT molecular complexity index is 1330. The van der Waals surface area contributed by atoms with E-state index in [-0.39, 0.29) is 30.5 Å². The summed E-state index contributed by atoms with van der Waals surface area (Å²) < 4.78 is 33.4. The van der Waals surface area contributed by atoms with Crippen LogP contribution in [0.3, 0.4) is 0 Å². The first-order valence-corrected chi connectivity index (χ1v) is 12.8. The van der Waals surface area contributed by atoms with Gasteiger partial charge in [0.15, 0.2) is 0 Å². The van der Waals surface area contributed by atoms with Crippen molar-refractivity contribution in [2.45, 2.75) is 6.92 Å². The molecule has 0 radical (unpaired) electrons. The van der Waals surface area contributed by atoms with Gasteiger partial charge < -0.3 is 9.64 Å². The maximum absolute atomic E-state index is 13.2. The molecule has 1 amide bonds. The van der Waals surface area contributed by atoms with Crippen molar-refractivity contribution in [3.8, 4) is 16.3 Å². The second-order valence-electron chi connectivity index (χ2n) is 7.80. The number of aromatic nitrogens is 2. The number of benzene rings is 1. The molecular formula is C23H22N4O4S2. The van der Waals surface area contributed by atoms with E-state index >= 15 is 0 Å². The van der Waals surface area contributed by atoms with Gasteiger partial charge in [-0.1, -0.05) is 18.2 Å². The SMILES string of the molecule is Cc1nc(-c2ccncc2)sc1C(=O)N1CCN(S(=O)(=O)C2=Cc3ccccc3OC2)CC1. The van der Waals surface area contributed by atoms with Gasteiger partial charge >= 0.3 is 0 Å². The third kappa shape index (κ3) is 4.17. The number of thiazole rings is 1. The number of aryl methyl sites for hydroxylation is 1. The maximum Gasteiger partial charge on any atom is 0.265 e. The predicted molar refractivity (Wildman–Crippen MR) is 126 cm³/mol. The smallest absolute Gasteiger partial charge is 0.265 e. The normalized spacial score (nSPS) is 16.6. The predicted octanol–water partition coefficient (Wildman–Crippen LogP) is 3.03. The fourth-order valence-corrected chi connectivity index (χ4v) is 6.40. The summed E-state index contributed by atoms with van der Waals surface area (Å²) in [6, 6.07) is 11.1. The van der Waals surface area contributed by atoms with Crippen molar-refractivity contribution < 1.29 is 17.9 Å². The highest BCUT2D eigenvalue weighted by Crippen LogP contribution is 2.31. The number of carbonyl (C=O) groups is 1. The minimum atomic E-state index is -3.67. The van der Waals surface area contributed by atoms with Crippen LogP contribution in [0.1, 0.15) is 20.9 Å². The van der Waals surface area contributed by atoms with Crippen LogP contribution in [0.4, 0.5) is 0 Å². The Morgan fingerprint density at radius 2 is 1.79 bits per heavy atom. The second kappa shape index (κ2) is 8.69. The molecule has 0 bridgehead atoms. The van der Waals surface area contributed by atoms with Crippen molar-refractivity contribution in [3.05, 3.63) is 69.8 Å². The Morgan fingerprint density at radius 3 is 2.55 bits per heavy atom. The Morgan fingerprint density at radius 1 is 1.06 bits per heavy atom. The average Bonchev–Trinajstić information content (AvgIpc) is 3.25. The number of ether oxygens (including phenoxy) is 1. The summed E-state index contributed by atoms with van der Waals surface area (Å²) in [4.78, 5) is 24.2. The van der Waals surface area contributed by atoms with E-state index in [0.29, 0.717) is 29.4 Å². The van der Waals surface area contributed by atoms with Crippen LogP contribution in [-0.4, -0.2) is 66.3 Å². The van der Waals surface area contributed by atoms with Crippen LogP contribution in [0, 0.1) is 6.92 Å². The fourth-order valence-electron chi connectivity index (χ4n) is 3.90. The zero-order chi connectivity index (χ0) is 23.0. The molecule has 5 rings (SSSR count). The molecule has 0 saturated carbocycles. The van der Waals surface area contributed by atoms with Gasteiger partial charge in [0.1, 0.15) is 22.2 Å². The van der Waals surface area contributed by atoms with Gasteiger partial charge in [-0.2, -0.15) is 4.31 Å². The number of sulfonamides is 1. The van der Waals surface area contributed by atoms with E-state index in [0.717, 1.165) is 16.1 Å². The number of para-hydroxylation sites is 1. The van der Waals surface area contributed by atoms with Gasteiger partial charge in [0.05, 0.1) is 10.6 Å². The quantitative estimate of drug-likeness (QED) is 0.568. The molecule has 2 aliphatic heterocycles. The van der Waals surface area contributed by atoms with E-state index in [4.69, 9.17) is 4.74 Å². The molecule has 170 valence electrons. The molecule has 0 N–H and O–H groups in total. The first-order valence-electron chi connectivity index (χ1n) is 10.5. The lowest BCUT2D eigenvalue weighted by molar-refractivity contribution is 0.0702. The van der Waals surface area contributed by atoms with E-state index in [9.17, 15) is 13.2 Å². The molecule has 2 aromatic heterocycles. The Labute approximate surface area is 196 Å². The molecule has 33 heavy (non-hydrogen) atoms. The summed E-state index contributed by atoms with van der Waals surface area (Å²) >= 11 is 1.35. The van der Waals surface area contributed by atoms with Crippen LogP contribution in [0.2, 0.25) is 0 Å². The zero-order valence-corrected chi connectivity index (χ0v) is 19.6. The van der Waals surface area contributed by atoms with Gasteiger partial charge in [-0.3, -0.25) is 9.78 Å². The Kier molecular flexibility index (Phi) is 5.73. The summed E-state index contributed by atoms with van der Waals surface area (Å²) in [7, 11) is -3.67. The van der Waals surface area contributed by atoms with Gasteiger partial charge in [0.2, 0.25) is 10.0 Å². The fraction of sp³-hybridized carbons (Fsp3) is 0.261. The molecule has 1 fully saturated rings. The molecule has 10 heteroatoms. The standard InChI is InChI=1S/C23H22N4O4S2/c1-16-21(32-22(25-16)17-6-8-24-9-7-17)23(28)26-10-12-27(13-11-26)33(29,30)19-14-18-4-2-3-5-20(18)31-15-19/h2-9,14H,10-13,15H2,1H3. The van der Waals surface area contributed by atoms with E-state index in [1.54, 1.807) is 23.4 Å². The molecule has 1 aromatic carbocycles. The highest BCUT2D eigenvalue weighted by atomic mass is 32.2. The minimum Gasteiger partial charge on any atom is -0.487 e. The Hall–Kier alpha value is -3.08. The molecule has 1 saturated heterocycles. The van der Waals surface area contributed by atoms with Crippen molar-refractivity contribution >= 4 is 33.3 Å². The Balaban J connectivity index is 1.28. The van der Waals surface area contributed by atoms with Gasteiger partial charge in [-0.15, -0.1) is 11.3 Å². The monoisotopic (exact) mass is 482 g/mol. The van der Waals surface area contributed by atoms with Crippen LogP contribution < -0.4 is 4.74 Å². The number of hydrogen-bond donors (Lipinski definition) is 0. The molecule has 0 aliphatic carbocycles. The first kappa shape index (κ1) is 21.7. The number of fused-ring (bicyclic) bond motifs is 1. The molecular weight excluding hydrogens is 460 g/mol. The highest BCUT2D eigenvalue weighted by molar-refractivity contribution is 7.93. The summed E-state index contributed by atoms with van der Waals surface area (Å²) in [5.74, 6) is 0.564. The largest absolute Gasteiger partial charge is 0.487 e. The molecule has 8 nitrogen and oxygen atoms in total. The van der Waals surface area contributed by atoms with E-state index in [1.807, 2.05) is 43.3 Å². The molecule has 2 aliphatic rings. The summed E-state index contributed by atoms with van der Waals surface area (Å²) in [5.41, 5.74) is 2.34. The maximum atomic E-state index is 13.2. The number of amides is 1. The third-order valence-corrected chi connectivity index (χ3v) is 8.86. The molecule has 0 spiro atoms. The summed E-state index contributed by atoms with van der Waals surface area (Å²) in [5, 5.41) is 0.768. The molecule has 0 atom stereocenters. The van der Waals surface area contributed by atoms with Gasteiger partial charge in [0.25, 0.3) is 5.91 Å². The number of piperazine rings is 1. The number of hydrogen-bond acceptors (Lipinski definition) is 7. The van der Waals surface area contributed by atoms with Crippen LogP contribution in [0.5, 0.6) is 5.75 Å². The van der Waals surface area contributed by atoms with Gasteiger partial charge in [-0.05, 0) is 31.2 Å². The van der Waals surface area contributed by atoms with Crippen molar-refractivity contribution in [2.75, 3.05) is 32.8 Å². The van der Waals surface area contributed by atoms with E-state index in [1.165, 1.54) is 15.6 Å². The number of nitrogens with zero attached hydrogens (tertiary/aromatic N) is 4. The minimum absolute atomic E-state index is 0.0103. The van der Waals surface area contributed by atoms with Crippen molar-refractivity contribution in [2.24, 2.45) is 0 Å². The average molecular weight is 483 g/mol. The van der Waals surface area contributed by atoms with Crippen LogP contribution >= 0.6 is 11.3 Å². The van der Waals surface area contributed by atoms with Gasteiger partial charge in [-0.25, -0.2) is 13.4 Å². The zero-order valence-electron chi connectivity index (χ0n) is 18.0. The highest BCUT2D eigenvalue weighted by Gasteiger charge is 2.34. The van der Waals surface area contributed by atoms with Crippen LogP contribution in [0.15, 0.2) is 53.7 Å². The first-order chi connectivity index (χ1) is 15.9. The van der Waals surface area contributed by atoms with Crippen molar-refractivity contribution in [3.63, 3.8) is 0 Å². The summed E-state index contributed by atoms with van der Waals surface area (Å²) in [6.45, 7) is 2.96. The van der Waals surface area contributed by atoms with Crippen LogP contribution in [-0.2, 0) is 10.0 Å². The number of carbonyl (C=O) groups excluding carboxylic acids is 1. The lowest BCUT2D eigenvalue weighted by atomic mass is 10.1. The van der Waals surface area contributed by atoms with Crippen LogP contribution in [0.25, 0.3) is 16.6 Å². The second-order valence-corrected chi connectivity index (χ2v) is 10.8. The summed E-state index contributed by atoms with van der Waals surface area (Å²) in [6.07, 6.45) is 5.06. The van der Waals surface area contributed by atoms with Crippen molar-refractivity contribution in [1.29, 1.82) is 0 Å². The third-order valence-electron chi connectivity index (χ3n) is 5.72. The van der Waals surface area contributed by atoms with E-state index in [2.05, 4.69) is 9.97 Å². The lowest BCUT2D eigenvalue weighted by Gasteiger charge is -2.34. The molecule has 0 unspecified atom stereocenters. The number of rotatable bonds is 4. The van der Waals surface area contributed by atoms with Crippen molar-refractivity contribution in [1.82, 2.24) is 19.2 Å².